The Labute approximate surface area is 85.4 Å². The lowest BCUT2D eigenvalue weighted by Gasteiger charge is -2.03. The molecule has 5 heteroatoms. The SMILES string of the molecule is O=c1ccnc(Nc2ccc(O)cc2)[nH]1. The van der Waals surface area contributed by atoms with E-state index in [1.54, 1.807) is 24.3 Å². The number of phenolic OH excluding ortho intramolecular Hbond substituents is 1. The van der Waals surface area contributed by atoms with E-state index in [4.69, 9.17) is 5.11 Å². The molecule has 0 saturated heterocycles. The maximum Gasteiger partial charge on any atom is 0.252 e. The predicted octanol–water partition coefficient (Wildman–Crippen LogP) is 1.22. The van der Waals surface area contributed by atoms with Gasteiger partial charge in [0.15, 0.2) is 0 Å². The summed E-state index contributed by atoms with van der Waals surface area (Å²) in [7, 11) is 0. The molecule has 0 spiro atoms. The summed E-state index contributed by atoms with van der Waals surface area (Å²) >= 11 is 0. The van der Waals surface area contributed by atoms with Gasteiger partial charge in [0, 0.05) is 18.0 Å². The van der Waals surface area contributed by atoms with Crippen LogP contribution in [0, 0.1) is 0 Å². The molecule has 76 valence electrons. The largest absolute Gasteiger partial charge is 0.508 e. The minimum absolute atomic E-state index is 0.190. The van der Waals surface area contributed by atoms with Gasteiger partial charge in [-0.05, 0) is 24.3 Å². The molecular weight excluding hydrogens is 194 g/mol. The van der Waals surface area contributed by atoms with E-state index in [9.17, 15) is 4.79 Å². The van der Waals surface area contributed by atoms with Gasteiger partial charge in [-0.2, -0.15) is 0 Å². The highest BCUT2D eigenvalue weighted by Crippen LogP contribution is 2.15. The van der Waals surface area contributed by atoms with Crippen molar-refractivity contribution in [3.8, 4) is 5.75 Å². The number of anilines is 2. The highest BCUT2D eigenvalue weighted by Gasteiger charge is 1.96. The first kappa shape index (κ1) is 9.26. The molecule has 0 fully saturated rings. The molecule has 0 amide bonds. The number of phenols is 1. The van der Waals surface area contributed by atoms with Crippen LogP contribution in [0.3, 0.4) is 0 Å². The van der Waals surface area contributed by atoms with Crippen molar-refractivity contribution in [2.24, 2.45) is 0 Å². The van der Waals surface area contributed by atoms with E-state index in [2.05, 4.69) is 15.3 Å². The van der Waals surface area contributed by atoms with Gasteiger partial charge in [0.25, 0.3) is 5.56 Å². The van der Waals surface area contributed by atoms with E-state index in [1.165, 1.54) is 12.3 Å². The fourth-order valence-corrected chi connectivity index (χ4v) is 1.12. The van der Waals surface area contributed by atoms with Crippen molar-refractivity contribution in [1.82, 2.24) is 9.97 Å². The van der Waals surface area contributed by atoms with Crippen LogP contribution in [0.4, 0.5) is 11.6 Å². The van der Waals surface area contributed by atoms with Crippen LogP contribution in [0.15, 0.2) is 41.3 Å². The summed E-state index contributed by atoms with van der Waals surface area (Å²) in [5.41, 5.74) is 0.522. The van der Waals surface area contributed by atoms with Gasteiger partial charge in [0.1, 0.15) is 5.75 Å². The summed E-state index contributed by atoms with van der Waals surface area (Å²) in [5, 5.41) is 12.0. The van der Waals surface area contributed by atoms with Crippen molar-refractivity contribution in [2.45, 2.75) is 0 Å². The number of nitrogens with one attached hydrogen (secondary N) is 2. The number of benzene rings is 1. The Hall–Kier alpha value is -2.30. The summed E-state index contributed by atoms with van der Waals surface area (Å²) < 4.78 is 0. The molecule has 0 aliphatic carbocycles. The van der Waals surface area contributed by atoms with E-state index in [0.29, 0.717) is 5.95 Å². The Balaban J connectivity index is 2.22. The molecule has 0 bridgehead atoms. The summed E-state index contributed by atoms with van der Waals surface area (Å²) in [6.45, 7) is 0. The molecule has 1 aromatic heterocycles. The number of rotatable bonds is 2. The van der Waals surface area contributed by atoms with Gasteiger partial charge in [-0.1, -0.05) is 0 Å². The van der Waals surface area contributed by atoms with Gasteiger partial charge in [0.2, 0.25) is 5.95 Å². The Morgan fingerprint density at radius 2 is 1.93 bits per heavy atom. The molecule has 5 nitrogen and oxygen atoms in total. The second-order valence-corrected chi connectivity index (χ2v) is 2.95. The van der Waals surface area contributed by atoms with Gasteiger partial charge in [-0.3, -0.25) is 9.78 Å². The molecule has 2 aromatic rings. The molecule has 0 saturated carbocycles. The number of aromatic amines is 1. The van der Waals surface area contributed by atoms with Crippen molar-refractivity contribution < 1.29 is 5.11 Å². The number of aromatic hydroxyl groups is 1. The lowest BCUT2D eigenvalue weighted by atomic mass is 10.3. The molecule has 0 atom stereocenters. The predicted molar refractivity (Wildman–Crippen MR) is 56.2 cm³/mol. The molecule has 2 rings (SSSR count). The van der Waals surface area contributed by atoms with Crippen molar-refractivity contribution in [2.75, 3.05) is 5.32 Å². The van der Waals surface area contributed by atoms with Crippen LogP contribution in [-0.2, 0) is 0 Å². The van der Waals surface area contributed by atoms with Crippen LogP contribution in [0.25, 0.3) is 0 Å². The molecule has 0 radical (unpaired) electrons. The number of H-pyrrole nitrogens is 1. The Kier molecular flexibility index (Phi) is 2.37. The van der Waals surface area contributed by atoms with Crippen LogP contribution in [-0.4, -0.2) is 15.1 Å². The molecule has 15 heavy (non-hydrogen) atoms. The topological polar surface area (TPSA) is 78.0 Å². The van der Waals surface area contributed by atoms with E-state index in [1.807, 2.05) is 0 Å². The first-order valence-corrected chi connectivity index (χ1v) is 4.35. The Bertz CT molecular complexity index is 505. The van der Waals surface area contributed by atoms with Crippen molar-refractivity contribution in [1.29, 1.82) is 0 Å². The third-order valence-electron chi connectivity index (χ3n) is 1.80. The zero-order chi connectivity index (χ0) is 10.7. The molecule has 1 aromatic carbocycles. The smallest absolute Gasteiger partial charge is 0.252 e. The monoisotopic (exact) mass is 203 g/mol. The first-order chi connectivity index (χ1) is 7.24. The summed E-state index contributed by atoms with van der Waals surface area (Å²) in [4.78, 5) is 17.4. The fourth-order valence-electron chi connectivity index (χ4n) is 1.12. The zero-order valence-electron chi connectivity index (χ0n) is 7.77. The van der Waals surface area contributed by atoms with Gasteiger partial charge < -0.3 is 10.4 Å². The Morgan fingerprint density at radius 3 is 2.60 bits per heavy atom. The summed E-state index contributed by atoms with van der Waals surface area (Å²) in [6, 6.07) is 7.79. The third kappa shape index (κ3) is 2.34. The van der Waals surface area contributed by atoms with Crippen molar-refractivity contribution >= 4 is 11.6 Å². The maximum absolute atomic E-state index is 11.0. The fraction of sp³-hybridized carbons (Fsp3) is 0. The quantitative estimate of drug-likeness (QED) is 0.641. The van der Waals surface area contributed by atoms with Crippen LogP contribution in [0.2, 0.25) is 0 Å². The van der Waals surface area contributed by atoms with Crippen LogP contribution in [0.1, 0.15) is 0 Å². The third-order valence-corrected chi connectivity index (χ3v) is 1.80. The van der Waals surface area contributed by atoms with Crippen LogP contribution >= 0.6 is 0 Å². The lowest BCUT2D eigenvalue weighted by Crippen LogP contribution is -2.07. The highest BCUT2D eigenvalue weighted by atomic mass is 16.3. The minimum Gasteiger partial charge on any atom is -0.508 e. The van der Waals surface area contributed by atoms with E-state index >= 15 is 0 Å². The van der Waals surface area contributed by atoms with Gasteiger partial charge >= 0.3 is 0 Å². The lowest BCUT2D eigenvalue weighted by molar-refractivity contribution is 0.475. The van der Waals surface area contributed by atoms with E-state index in [-0.39, 0.29) is 11.3 Å². The molecular formula is C10H9N3O2. The average Bonchev–Trinajstić information content (AvgIpc) is 2.22. The standard InChI is InChI=1S/C10H9N3O2/c14-8-3-1-7(2-4-8)12-10-11-6-5-9(15)13-10/h1-6,14H,(H2,11,12,13,15). The average molecular weight is 203 g/mol. The second kappa shape index (κ2) is 3.83. The normalized spacial score (nSPS) is 9.87. The van der Waals surface area contributed by atoms with Crippen molar-refractivity contribution in [3.05, 3.63) is 46.9 Å². The molecule has 0 unspecified atom stereocenters. The van der Waals surface area contributed by atoms with E-state index in [0.717, 1.165) is 5.69 Å². The number of hydrogen-bond donors (Lipinski definition) is 3. The molecule has 0 aliphatic rings. The molecule has 3 N–H and O–H groups in total. The van der Waals surface area contributed by atoms with E-state index < -0.39 is 0 Å². The minimum atomic E-state index is -0.216. The van der Waals surface area contributed by atoms with Gasteiger partial charge in [0.05, 0.1) is 0 Å². The summed E-state index contributed by atoms with van der Waals surface area (Å²) in [5.74, 6) is 0.559. The van der Waals surface area contributed by atoms with Crippen molar-refractivity contribution in [3.63, 3.8) is 0 Å². The summed E-state index contributed by atoms with van der Waals surface area (Å²) in [6.07, 6.45) is 1.42. The Morgan fingerprint density at radius 1 is 1.20 bits per heavy atom. The molecule has 1 heterocycles. The second-order valence-electron chi connectivity index (χ2n) is 2.95. The maximum atomic E-state index is 11.0. The first-order valence-electron chi connectivity index (χ1n) is 4.35. The number of aromatic nitrogens is 2. The van der Waals surface area contributed by atoms with Gasteiger partial charge in [-0.25, -0.2) is 4.98 Å². The highest BCUT2D eigenvalue weighted by molar-refractivity contribution is 5.53. The van der Waals surface area contributed by atoms with Crippen LogP contribution < -0.4 is 10.9 Å². The number of hydrogen-bond acceptors (Lipinski definition) is 4. The number of nitrogens with zero attached hydrogens (tertiary/aromatic N) is 1. The van der Waals surface area contributed by atoms with Gasteiger partial charge in [-0.15, -0.1) is 0 Å². The van der Waals surface area contributed by atoms with Crippen LogP contribution in [0.5, 0.6) is 5.75 Å². The molecule has 0 aliphatic heterocycles. The zero-order valence-corrected chi connectivity index (χ0v) is 7.77.